The van der Waals surface area contributed by atoms with Crippen LogP contribution in [0.25, 0.3) is 0 Å². The Morgan fingerprint density at radius 1 is 1.16 bits per heavy atom. The molecule has 2 atom stereocenters. The Bertz CT molecular complexity index is 760. The standard InChI is InChI=1S/C21H24N2O2/c1-15(25-19-8-7-16-4-2-5-18(16)14-19)21(24)23-13-3-6-20(23)17-9-11-22-12-10-17/h7-12,14-15,20H,2-6,13H2,1H3. The molecule has 0 spiro atoms. The first-order valence-corrected chi connectivity index (χ1v) is 9.21. The highest BCUT2D eigenvalue weighted by molar-refractivity contribution is 5.81. The number of hydrogen-bond acceptors (Lipinski definition) is 3. The molecule has 1 aliphatic heterocycles. The van der Waals surface area contributed by atoms with Gasteiger partial charge in [-0.1, -0.05) is 6.07 Å². The van der Waals surface area contributed by atoms with Gasteiger partial charge in [-0.25, -0.2) is 0 Å². The lowest BCUT2D eigenvalue weighted by Gasteiger charge is -2.28. The van der Waals surface area contributed by atoms with Crippen LogP contribution in [0.1, 0.15) is 48.9 Å². The molecule has 4 heteroatoms. The largest absolute Gasteiger partial charge is 0.481 e. The van der Waals surface area contributed by atoms with Gasteiger partial charge in [-0.15, -0.1) is 0 Å². The van der Waals surface area contributed by atoms with Crippen LogP contribution in [0.4, 0.5) is 0 Å². The molecule has 0 N–H and O–H groups in total. The van der Waals surface area contributed by atoms with Crippen molar-refractivity contribution >= 4 is 5.91 Å². The Hall–Kier alpha value is -2.36. The lowest BCUT2D eigenvalue weighted by molar-refractivity contribution is -0.138. The van der Waals surface area contributed by atoms with E-state index in [0.29, 0.717) is 0 Å². The van der Waals surface area contributed by atoms with E-state index in [2.05, 4.69) is 17.1 Å². The quantitative estimate of drug-likeness (QED) is 0.855. The van der Waals surface area contributed by atoms with Crippen molar-refractivity contribution in [3.8, 4) is 5.75 Å². The number of rotatable bonds is 4. The summed E-state index contributed by atoms with van der Waals surface area (Å²) in [6, 6.07) is 10.4. The van der Waals surface area contributed by atoms with Crippen LogP contribution in [-0.2, 0) is 17.6 Å². The Labute approximate surface area is 148 Å². The SMILES string of the molecule is CC(Oc1ccc2c(c1)CCC2)C(=O)N1CCCC1c1ccncc1. The lowest BCUT2D eigenvalue weighted by atomic mass is 10.1. The van der Waals surface area contributed by atoms with E-state index in [1.807, 2.05) is 30.0 Å². The van der Waals surface area contributed by atoms with Crippen LogP contribution < -0.4 is 4.74 Å². The van der Waals surface area contributed by atoms with Crippen molar-refractivity contribution in [3.05, 3.63) is 59.4 Å². The molecule has 1 aromatic heterocycles. The fourth-order valence-electron chi connectivity index (χ4n) is 4.07. The van der Waals surface area contributed by atoms with Crippen molar-refractivity contribution in [1.29, 1.82) is 0 Å². The molecule has 2 aromatic rings. The van der Waals surface area contributed by atoms with Gasteiger partial charge >= 0.3 is 0 Å². The predicted molar refractivity (Wildman–Crippen MR) is 96.5 cm³/mol. The van der Waals surface area contributed by atoms with Crippen LogP contribution in [0.3, 0.4) is 0 Å². The summed E-state index contributed by atoms with van der Waals surface area (Å²) in [6.45, 7) is 2.65. The minimum atomic E-state index is -0.470. The average Bonchev–Trinajstić information content (AvgIpc) is 3.30. The van der Waals surface area contributed by atoms with Crippen LogP contribution in [0.15, 0.2) is 42.7 Å². The third-order valence-electron chi connectivity index (χ3n) is 5.36. The molecule has 25 heavy (non-hydrogen) atoms. The van der Waals surface area contributed by atoms with Crippen molar-refractivity contribution < 1.29 is 9.53 Å². The Balaban J connectivity index is 1.46. The highest BCUT2D eigenvalue weighted by atomic mass is 16.5. The summed E-state index contributed by atoms with van der Waals surface area (Å²) < 4.78 is 5.99. The summed E-state index contributed by atoms with van der Waals surface area (Å²) in [5, 5.41) is 0. The maximum absolute atomic E-state index is 13.0. The van der Waals surface area contributed by atoms with E-state index in [1.165, 1.54) is 17.5 Å². The topological polar surface area (TPSA) is 42.4 Å². The fourth-order valence-corrected chi connectivity index (χ4v) is 4.07. The second kappa shape index (κ2) is 6.87. The first-order valence-electron chi connectivity index (χ1n) is 9.21. The molecular weight excluding hydrogens is 312 g/mol. The smallest absolute Gasteiger partial charge is 0.263 e. The molecule has 2 unspecified atom stereocenters. The zero-order valence-electron chi connectivity index (χ0n) is 14.6. The summed E-state index contributed by atoms with van der Waals surface area (Å²) in [5.41, 5.74) is 3.95. The van der Waals surface area contributed by atoms with E-state index >= 15 is 0 Å². The first kappa shape index (κ1) is 16.1. The van der Waals surface area contributed by atoms with Crippen LogP contribution in [0.2, 0.25) is 0 Å². The molecule has 4 nitrogen and oxygen atoms in total. The summed E-state index contributed by atoms with van der Waals surface area (Å²) in [7, 11) is 0. The highest BCUT2D eigenvalue weighted by Gasteiger charge is 2.33. The molecule has 2 heterocycles. The van der Waals surface area contributed by atoms with Crippen molar-refractivity contribution in [3.63, 3.8) is 0 Å². The molecular formula is C21H24N2O2. The van der Waals surface area contributed by atoms with Crippen molar-refractivity contribution in [2.45, 2.75) is 51.2 Å². The number of aromatic nitrogens is 1. The Morgan fingerprint density at radius 3 is 2.80 bits per heavy atom. The van der Waals surface area contributed by atoms with Gasteiger partial charge in [-0.05, 0) is 80.0 Å². The monoisotopic (exact) mass is 336 g/mol. The van der Waals surface area contributed by atoms with E-state index in [4.69, 9.17) is 4.74 Å². The number of nitrogens with zero attached hydrogens (tertiary/aromatic N) is 2. The van der Waals surface area contributed by atoms with Gasteiger partial charge in [-0.3, -0.25) is 9.78 Å². The average molecular weight is 336 g/mol. The van der Waals surface area contributed by atoms with Gasteiger partial charge < -0.3 is 9.64 Å². The number of carbonyl (C=O) groups excluding carboxylic acids is 1. The normalized spacial score (nSPS) is 20.4. The molecule has 4 rings (SSSR count). The highest BCUT2D eigenvalue weighted by Crippen LogP contribution is 2.33. The van der Waals surface area contributed by atoms with Crippen LogP contribution >= 0.6 is 0 Å². The van der Waals surface area contributed by atoms with Gasteiger partial charge in [0.15, 0.2) is 6.10 Å². The van der Waals surface area contributed by atoms with Crippen LogP contribution in [0.5, 0.6) is 5.75 Å². The molecule has 1 aromatic carbocycles. The first-order chi connectivity index (χ1) is 12.2. The van der Waals surface area contributed by atoms with Gasteiger partial charge in [0, 0.05) is 18.9 Å². The number of amides is 1. The summed E-state index contributed by atoms with van der Waals surface area (Å²) in [4.78, 5) is 19.0. The third kappa shape index (κ3) is 3.26. The zero-order chi connectivity index (χ0) is 17.2. The predicted octanol–water partition coefficient (Wildman–Crippen LogP) is 3.70. The number of fused-ring (bicyclic) bond motifs is 1. The Morgan fingerprint density at radius 2 is 1.96 bits per heavy atom. The third-order valence-corrected chi connectivity index (χ3v) is 5.36. The summed E-state index contributed by atoms with van der Waals surface area (Å²) in [5.74, 6) is 0.876. The number of likely N-dealkylation sites (tertiary alicyclic amines) is 1. The van der Waals surface area contributed by atoms with E-state index < -0.39 is 6.10 Å². The summed E-state index contributed by atoms with van der Waals surface area (Å²) in [6.07, 6.45) is 8.64. The second-order valence-corrected chi connectivity index (χ2v) is 7.01. The minimum Gasteiger partial charge on any atom is -0.481 e. The molecule has 0 saturated carbocycles. The van der Waals surface area contributed by atoms with E-state index in [-0.39, 0.29) is 11.9 Å². The van der Waals surface area contributed by atoms with E-state index in [1.54, 1.807) is 12.4 Å². The maximum atomic E-state index is 13.0. The number of hydrogen-bond donors (Lipinski definition) is 0. The van der Waals surface area contributed by atoms with Crippen molar-refractivity contribution in [1.82, 2.24) is 9.88 Å². The molecule has 1 saturated heterocycles. The van der Waals surface area contributed by atoms with Crippen molar-refractivity contribution in [2.24, 2.45) is 0 Å². The second-order valence-electron chi connectivity index (χ2n) is 7.01. The fraction of sp³-hybridized carbons (Fsp3) is 0.429. The molecule has 1 amide bonds. The van der Waals surface area contributed by atoms with Gasteiger partial charge in [-0.2, -0.15) is 0 Å². The minimum absolute atomic E-state index is 0.0693. The van der Waals surface area contributed by atoms with Gasteiger partial charge in [0.05, 0.1) is 6.04 Å². The number of aryl methyl sites for hydroxylation is 2. The van der Waals surface area contributed by atoms with Crippen molar-refractivity contribution in [2.75, 3.05) is 6.54 Å². The van der Waals surface area contributed by atoms with E-state index in [0.717, 1.165) is 43.5 Å². The number of benzene rings is 1. The summed E-state index contributed by atoms with van der Waals surface area (Å²) >= 11 is 0. The molecule has 0 bridgehead atoms. The maximum Gasteiger partial charge on any atom is 0.263 e. The number of ether oxygens (including phenoxy) is 1. The zero-order valence-corrected chi connectivity index (χ0v) is 14.6. The van der Waals surface area contributed by atoms with Gasteiger partial charge in [0.25, 0.3) is 5.91 Å². The molecule has 2 aliphatic rings. The molecule has 0 radical (unpaired) electrons. The molecule has 1 aliphatic carbocycles. The number of pyridine rings is 1. The Kier molecular flexibility index (Phi) is 4.43. The lowest BCUT2D eigenvalue weighted by Crippen LogP contribution is -2.40. The number of carbonyl (C=O) groups is 1. The van der Waals surface area contributed by atoms with Gasteiger partial charge in [0.1, 0.15) is 5.75 Å². The van der Waals surface area contributed by atoms with Crippen LogP contribution in [0, 0.1) is 0 Å². The van der Waals surface area contributed by atoms with Gasteiger partial charge in [0.2, 0.25) is 0 Å². The molecule has 1 fully saturated rings. The van der Waals surface area contributed by atoms with E-state index in [9.17, 15) is 4.79 Å². The molecule has 130 valence electrons. The van der Waals surface area contributed by atoms with Crippen LogP contribution in [-0.4, -0.2) is 28.4 Å².